The van der Waals surface area contributed by atoms with Crippen LogP contribution in [-0.4, -0.2) is 22.8 Å². The highest BCUT2D eigenvalue weighted by Gasteiger charge is 2.17. The Morgan fingerprint density at radius 2 is 2.00 bits per heavy atom. The van der Waals surface area contributed by atoms with Gasteiger partial charge in [0.1, 0.15) is 0 Å². The van der Waals surface area contributed by atoms with Crippen LogP contribution in [0.15, 0.2) is 39.7 Å². The van der Waals surface area contributed by atoms with Crippen molar-refractivity contribution in [1.29, 1.82) is 0 Å². The van der Waals surface area contributed by atoms with Gasteiger partial charge in [-0.15, -0.1) is 0 Å². The Kier molecular flexibility index (Phi) is 9.08. The number of carbonyl (C=O) groups is 1. The molecule has 2 N–H and O–H groups in total. The number of carboxylic acids is 1. The summed E-state index contributed by atoms with van der Waals surface area (Å²) >= 11 is 0. The number of ether oxygens (including phenoxy) is 2. The lowest BCUT2D eigenvalue weighted by Crippen LogP contribution is -2.05. The molecule has 0 amide bonds. The number of unbranched alkanes of at least 4 members (excludes halogenated alkanes) is 5. The molecule has 7 nitrogen and oxygen atoms in total. The van der Waals surface area contributed by atoms with Crippen molar-refractivity contribution in [2.75, 3.05) is 6.61 Å². The Hall–Kier alpha value is -2.96. The first-order chi connectivity index (χ1) is 14.0. The molecule has 0 aliphatic heterocycles. The van der Waals surface area contributed by atoms with E-state index in [1.54, 1.807) is 18.2 Å². The van der Waals surface area contributed by atoms with E-state index in [4.69, 9.17) is 19.0 Å². The Bertz CT molecular complexity index is 883. The fourth-order valence-electron chi connectivity index (χ4n) is 2.82. The first-order valence-corrected chi connectivity index (χ1v) is 9.99. The van der Waals surface area contributed by atoms with Crippen LogP contribution in [0.25, 0.3) is 11.0 Å². The van der Waals surface area contributed by atoms with Crippen molar-refractivity contribution in [2.24, 2.45) is 0 Å². The van der Waals surface area contributed by atoms with Gasteiger partial charge in [-0.05, 0) is 43.9 Å². The predicted octanol–water partition coefficient (Wildman–Crippen LogP) is 5.00. The van der Waals surface area contributed by atoms with Gasteiger partial charge < -0.3 is 24.1 Å². The highest BCUT2D eigenvalue weighted by molar-refractivity contribution is 5.89. The Morgan fingerprint density at radius 3 is 2.76 bits per heavy atom. The molecule has 1 heterocycles. The molecular weight excluding hydrogens is 376 g/mol. The van der Waals surface area contributed by atoms with E-state index in [1.165, 1.54) is 19.1 Å². The molecule has 0 aliphatic rings. The Morgan fingerprint density at radius 1 is 1.17 bits per heavy atom. The van der Waals surface area contributed by atoms with Crippen LogP contribution >= 0.6 is 0 Å². The molecule has 0 bridgehead atoms. The Labute approximate surface area is 169 Å². The van der Waals surface area contributed by atoms with Gasteiger partial charge in [0.15, 0.2) is 17.1 Å². The number of hydrogen-bond donors (Lipinski definition) is 2. The third-order valence-corrected chi connectivity index (χ3v) is 4.38. The third-order valence-electron chi connectivity index (χ3n) is 4.38. The van der Waals surface area contributed by atoms with E-state index in [1.807, 2.05) is 6.08 Å². The summed E-state index contributed by atoms with van der Waals surface area (Å²) in [5.74, 6) is -1.11. The molecule has 2 rings (SSSR count). The van der Waals surface area contributed by atoms with E-state index in [0.717, 1.165) is 19.3 Å². The van der Waals surface area contributed by atoms with Crippen LogP contribution < -0.4 is 15.1 Å². The van der Waals surface area contributed by atoms with Gasteiger partial charge in [0.05, 0.1) is 18.3 Å². The smallest absolute Gasteiger partial charge is 0.383 e. The fraction of sp³-hybridized carbons (Fsp3) is 0.455. The van der Waals surface area contributed by atoms with Gasteiger partial charge in [0.2, 0.25) is 0 Å². The molecule has 1 aromatic carbocycles. The summed E-state index contributed by atoms with van der Waals surface area (Å²) in [6.45, 7) is 2.42. The molecule has 29 heavy (non-hydrogen) atoms. The van der Waals surface area contributed by atoms with Gasteiger partial charge in [0, 0.05) is 6.42 Å². The highest BCUT2D eigenvalue weighted by atomic mass is 16.5. The largest absolute Gasteiger partial charge is 0.504 e. The number of carboxylic acid groups (broad SMARTS) is 1. The predicted molar refractivity (Wildman–Crippen MR) is 110 cm³/mol. The highest BCUT2D eigenvalue weighted by Crippen LogP contribution is 2.35. The molecule has 0 spiro atoms. The molecule has 1 aromatic heterocycles. The summed E-state index contributed by atoms with van der Waals surface area (Å²) in [6.07, 6.45) is 9.68. The van der Waals surface area contributed by atoms with Crippen molar-refractivity contribution < 1.29 is 28.9 Å². The minimum absolute atomic E-state index is 0.0710. The maximum absolute atomic E-state index is 12.3. The van der Waals surface area contributed by atoms with Crippen LogP contribution in [0.1, 0.15) is 58.3 Å². The molecule has 0 saturated carbocycles. The van der Waals surface area contributed by atoms with Crippen molar-refractivity contribution in [2.45, 2.75) is 58.3 Å². The molecule has 0 unspecified atom stereocenters. The average Bonchev–Trinajstić information content (AvgIpc) is 2.69. The molecule has 0 saturated heterocycles. The zero-order chi connectivity index (χ0) is 21.1. The van der Waals surface area contributed by atoms with Gasteiger partial charge in [0.25, 0.3) is 5.75 Å². The van der Waals surface area contributed by atoms with Crippen LogP contribution in [0.3, 0.4) is 0 Å². The number of hydrogen-bond acceptors (Lipinski definition) is 6. The number of para-hydroxylation sites is 1. The SMILES string of the molecule is CCCCCC/C=C/Oc1c(O)c2cccc(OCCCCC(=O)O)c2oc1=O. The van der Waals surface area contributed by atoms with Crippen molar-refractivity contribution in [3.63, 3.8) is 0 Å². The molecule has 0 aliphatic carbocycles. The van der Waals surface area contributed by atoms with Crippen molar-refractivity contribution in [1.82, 2.24) is 0 Å². The lowest BCUT2D eigenvalue weighted by atomic mass is 10.1. The summed E-state index contributed by atoms with van der Waals surface area (Å²) in [5.41, 5.74) is -0.670. The third kappa shape index (κ3) is 6.85. The first-order valence-electron chi connectivity index (χ1n) is 9.99. The summed E-state index contributed by atoms with van der Waals surface area (Å²) in [4.78, 5) is 22.8. The molecule has 0 fully saturated rings. The summed E-state index contributed by atoms with van der Waals surface area (Å²) in [5, 5.41) is 19.4. The van der Waals surface area contributed by atoms with E-state index in [2.05, 4.69) is 6.92 Å². The maximum Gasteiger partial charge on any atom is 0.383 e. The van der Waals surface area contributed by atoms with Gasteiger partial charge in [-0.1, -0.05) is 32.3 Å². The maximum atomic E-state index is 12.3. The summed E-state index contributed by atoms with van der Waals surface area (Å²) in [6, 6.07) is 4.90. The quantitative estimate of drug-likeness (QED) is 0.275. The van der Waals surface area contributed by atoms with Crippen LogP contribution in [0.2, 0.25) is 0 Å². The molecule has 0 radical (unpaired) electrons. The lowest BCUT2D eigenvalue weighted by Gasteiger charge is -2.10. The van der Waals surface area contributed by atoms with Gasteiger partial charge in [-0.3, -0.25) is 4.79 Å². The normalized spacial score (nSPS) is 11.2. The molecular formula is C22H28O7. The number of benzene rings is 1. The van der Waals surface area contributed by atoms with Crippen molar-refractivity contribution in [3.05, 3.63) is 41.0 Å². The topological polar surface area (TPSA) is 106 Å². The number of aliphatic carboxylic acids is 1. The zero-order valence-corrected chi connectivity index (χ0v) is 16.7. The number of allylic oxidation sites excluding steroid dienone is 1. The first kappa shape index (κ1) is 22.3. The second kappa shape index (κ2) is 11.8. The second-order valence-electron chi connectivity index (χ2n) is 6.74. The molecule has 2 aromatic rings. The zero-order valence-electron chi connectivity index (χ0n) is 16.7. The van der Waals surface area contributed by atoms with Crippen molar-refractivity contribution >= 4 is 16.9 Å². The van der Waals surface area contributed by atoms with E-state index in [0.29, 0.717) is 24.0 Å². The minimum atomic E-state index is -0.853. The average molecular weight is 404 g/mol. The van der Waals surface area contributed by atoms with E-state index in [9.17, 15) is 14.7 Å². The number of fused-ring (bicyclic) bond motifs is 1. The van der Waals surface area contributed by atoms with Crippen LogP contribution in [0.5, 0.6) is 17.2 Å². The fourth-order valence-corrected chi connectivity index (χ4v) is 2.82. The van der Waals surface area contributed by atoms with Crippen LogP contribution in [0, 0.1) is 0 Å². The summed E-state index contributed by atoms with van der Waals surface area (Å²) in [7, 11) is 0. The minimum Gasteiger partial charge on any atom is -0.504 e. The molecule has 158 valence electrons. The lowest BCUT2D eigenvalue weighted by molar-refractivity contribution is -0.137. The molecule has 0 atom stereocenters. The van der Waals surface area contributed by atoms with Crippen molar-refractivity contribution in [3.8, 4) is 17.2 Å². The van der Waals surface area contributed by atoms with Gasteiger partial charge in [-0.25, -0.2) is 4.79 Å². The standard InChI is InChI=1S/C22H28O7/c1-2-3-4-5-6-8-15-28-21-19(25)16-11-10-12-17(20(16)29-22(21)26)27-14-9-7-13-18(23)24/h8,10-12,15,25H,2-7,9,13-14H2,1H3,(H,23,24)/b15-8+. The van der Waals surface area contributed by atoms with Crippen LogP contribution in [0.4, 0.5) is 0 Å². The second-order valence-corrected chi connectivity index (χ2v) is 6.74. The monoisotopic (exact) mass is 404 g/mol. The number of rotatable bonds is 13. The van der Waals surface area contributed by atoms with E-state index < -0.39 is 11.6 Å². The van der Waals surface area contributed by atoms with Gasteiger partial charge in [-0.2, -0.15) is 0 Å². The summed E-state index contributed by atoms with van der Waals surface area (Å²) < 4.78 is 16.2. The van der Waals surface area contributed by atoms with E-state index in [-0.39, 0.29) is 30.1 Å². The Balaban J connectivity index is 2.05. The molecule has 7 heteroatoms. The van der Waals surface area contributed by atoms with Gasteiger partial charge >= 0.3 is 11.6 Å². The van der Waals surface area contributed by atoms with E-state index >= 15 is 0 Å². The van der Waals surface area contributed by atoms with Crippen LogP contribution in [-0.2, 0) is 4.79 Å². The number of aromatic hydroxyl groups is 1.